The van der Waals surface area contributed by atoms with Crippen LogP contribution in [0.4, 0.5) is 4.39 Å². The Balaban J connectivity index is 2.12. The van der Waals surface area contributed by atoms with Crippen LogP contribution < -0.4 is 19.5 Å². The third-order valence-electron chi connectivity index (χ3n) is 3.76. The predicted octanol–water partition coefficient (Wildman–Crippen LogP) is 3.70. The number of benzene rings is 2. The van der Waals surface area contributed by atoms with E-state index in [0.717, 1.165) is 5.56 Å². The monoisotopic (exact) mass is 319 g/mol. The predicted molar refractivity (Wildman–Crippen MR) is 87.8 cm³/mol. The van der Waals surface area contributed by atoms with Crippen LogP contribution in [0, 0.1) is 5.82 Å². The molecule has 0 unspecified atom stereocenters. The highest BCUT2D eigenvalue weighted by Gasteiger charge is 2.14. The van der Waals surface area contributed by atoms with Crippen LogP contribution in [0.1, 0.15) is 24.1 Å². The highest BCUT2D eigenvalue weighted by molar-refractivity contribution is 5.46. The number of ether oxygens (including phenoxy) is 3. The Morgan fingerprint density at radius 1 is 1.04 bits per heavy atom. The Morgan fingerprint density at radius 3 is 2.43 bits per heavy atom. The van der Waals surface area contributed by atoms with Crippen molar-refractivity contribution in [2.45, 2.75) is 19.5 Å². The molecule has 0 aliphatic rings. The van der Waals surface area contributed by atoms with Gasteiger partial charge in [0, 0.05) is 29.8 Å². The summed E-state index contributed by atoms with van der Waals surface area (Å²) in [5.41, 5.74) is 1.54. The zero-order valence-electron chi connectivity index (χ0n) is 13.9. The van der Waals surface area contributed by atoms with Gasteiger partial charge in [0.2, 0.25) is 0 Å². The molecular formula is C18H22FNO3. The summed E-state index contributed by atoms with van der Waals surface area (Å²) in [6.07, 6.45) is 0. The molecule has 0 radical (unpaired) electrons. The average Bonchev–Trinajstić information content (AvgIpc) is 2.58. The molecule has 0 heterocycles. The van der Waals surface area contributed by atoms with Crippen molar-refractivity contribution in [3.8, 4) is 17.2 Å². The van der Waals surface area contributed by atoms with Crippen molar-refractivity contribution in [3.05, 3.63) is 53.3 Å². The first-order chi connectivity index (χ1) is 11.1. The quantitative estimate of drug-likeness (QED) is 0.844. The van der Waals surface area contributed by atoms with E-state index in [2.05, 4.69) is 5.32 Å². The fraction of sp³-hybridized carbons (Fsp3) is 0.333. The van der Waals surface area contributed by atoms with E-state index in [-0.39, 0.29) is 11.9 Å². The van der Waals surface area contributed by atoms with E-state index in [1.807, 2.05) is 25.1 Å². The highest BCUT2D eigenvalue weighted by Crippen LogP contribution is 2.31. The topological polar surface area (TPSA) is 39.7 Å². The fourth-order valence-electron chi connectivity index (χ4n) is 2.45. The van der Waals surface area contributed by atoms with E-state index >= 15 is 0 Å². The second-order valence-corrected chi connectivity index (χ2v) is 5.14. The number of rotatable bonds is 7. The molecule has 5 heteroatoms. The molecule has 0 aliphatic heterocycles. The standard InChI is InChI=1S/C18H22FNO3/c1-12(15-9-8-14(21-2)10-16(15)19)20-11-13-6-5-7-17(22-3)18(13)23-4/h5-10,12,20H,11H2,1-4H3/t12-/m0/s1. The lowest BCUT2D eigenvalue weighted by Crippen LogP contribution is -2.19. The lowest BCUT2D eigenvalue weighted by molar-refractivity contribution is 0.350. The Bertz CT molecular complexity index is 661. The summed E-state index contributed by atoms with van der Waals surface area (Å²) in [5, 5.41) is 3.30. The van der Waals surface area contributed by atoms with Gasteiger partial charge in [-0.05, 0) is 19.1 Å². The van der Waals surface area contributed by atoms with E-state index in [0.29, 0.717) is 29.4 Å². The first-order valence-corrected chi connectivity index (χ1v) is 7.37. The molecule has 0 saturated heterocycles. The van der Waals surface area contributed by atoms with Crippen LogP contribution in [0.3, 0.4) is 0 Å². The van der Waals surface area contributed by atoms with Crippen molar-refractivity contribution in [1.82, 2.24) is 5.32 Å². The summed E-state index contributed by atoms with van der Waals surface area (Å²) in [6.45, 7) is 2.45. The van der Waals surface area contributed by atoms with Crippen molar-refractivity contribution in [2.75, 3.05) is 21.3 Å². The smallest absolute Gasteiger partial charge is 0.165 e. The molecule has 1 atom stereocenters. The van der Waals surface area contributed by atoms with Gasteiger partial charge < -0.3 is 19.5 Å². The normalized spacial score (nSPS) is 11.9. The average molecular weight is 319 g/mol. The van der Waals surface area contributed by atoms with E-state index in [1.165, 1.54) is 13.2 Å². The second kappa shape index (κ2) is 7.83. The molecule has 2 aromatic rings. The van der Waals surface area contributed by atoms with E-state index < -0.39 is 0 Å². The van der Waals surface area contributed by atoms with Crippen molar-refractivity contribution in [3.63, 3.8) is 0 Å². The highest BCUT2D eigenvalue weighted by atomic mass is 19.1. The first-order valence-electron chi connectivity index (χ1n) is 7.37. The van der Waals surface area contributed by atoms with Gasteiger partial charge in [0.1, 0.15) is 11.6 Å². The van der Waals surface area contributed by atoms with Gasteiger partial charge in [0.15, 0.2) is 11.5 Å². The molecule has 1 N–H and O–H groups in total. The molecular weight excluding hydrogens is 297 g/mol. The van der Waals surface area contributed by atoms with Gasteiger partial charge in [-0.1, -0.05) is 18.2 Å². The van der Waals surface area contributed by atoms with Gasteiger partial charge in [0.05, 0.1) is 21.3 Å². The minimum atomic E-state index is -0.290. The van der Waals surface area contributed by atoms with Crippen LogP contribution in [0.15, 0.2) is 36.4 Å². The molecule has 124 valence electrons. The van der Waals surface area contributed by atoms with Crippen molar-refractivity contribution < 1.29 is 18.6 Å². The number of halogens is 1. The summed E-state index contributed by atoms with van der Waals surface area (Å²) < 4.78 is 29.8. The largest absolute Gasteiger partial charge is 0.497 e. The number of hydrogen-bond acceptors (Lipinski definition) is 4. The van der Waals surface area contributed by atoms with E-state index in [1.54, 1.807) is 26.4 Å². The van der Waals surface area contributed by atoms with Gasteiger partial charge in [-0.3, -0.25) is 0 Å². The van der Waals surface area contributed by atoms with Crippen molar-refractivity contribution in [1.29, 1.82) is 0 Å². The molecule has 4 nitrogen and oxygen atoms in total. The zero-order chi connectivity index (χ0) is 16.8. The first kappa shape index (κ1) is 17.1. The minimum Gasteiger partial charge on any atom is -0.497 e. The molecule has 23 heavy (non-hydrogen) atoms. The molecule has 2 rings (SSSR count). The molecule has 0 amide bonds. The maximum atomic E-state index is 14.1. The molecule has 0 aromatic heterocycles. The van der Waals surface area contributed by atoms with Crippen LogP contribution in [0.5, 0.6) is 17.2 Å². The van der Waals surface area contributed by atoms with Crippen molar-refractivity contribution in [2.24, 2.45) is 0 Å². The fourth-order valence-corrected chi connectivity index (χ4v) is 2.45. The van der Waals surface area contributed by atoms with Crippen LogP contribution in [-0.2, 0) is 6.54 Å². The van der Waals surface area contributed by atoms with Gasteiger partial charge in [-0.15, -0.1) is 0 Å². The zero-order valence-corrected chi connectivity index (χ0v) is 13.9. The lowest BCUT2D eigenvalue weighted by atomic mass is 10.1. The summed E-state index contributed by atoms with van der Waals surface area (Å²) in [6, 6.07) is 10.4. The number of hydrogen-bond donors (Lipinski definition) is 1. The Kier molecular flexibility index (Phi) is 5.82. The SMILES string of the molecule is COc1ccc([C@H](C)NCc2cccc(OC)c2OC)c(F)c1. The van der Waals surface area contributed by atoms with Gasteiger partial charge in [0.25, 0.3) is 0 Å². The molecule has 0 aliphatic carbocycles. The molecule has 0 bridgehead atoms. The van der Waals surface area contributed by atoms with Gasteiger partial charge in [-0.25, -0.2) is 4.39 Å². The van der Waals surface area contributed by atoms with E-state index in [9.17, 15) is 4.39 Å². The van der Waals surface area contributed by atoms with Crippen molar-refractivity contribution >= 4 is 0 Å². The number of nitrogens with one attached hydrogen (secondary N) is 1. The number of para-hydroxylation sites is 1. The van der Waals surface area contributed by atoms with Gasteiger partial charge >= 0.3 is 0 Å². The van der Waals surface area contributed by atoms with Gasteiger partial charge in [-0.2, -0.15) is 0 Å². The lowest BCUT2D eigenvalue weighted by Gasteiger charge is -2.18. The third-order valence-corrected chi connectivity index (χ3v) is 3.76. The summed E-state index contributed by atoms with van der Waals surface area (Å²) in [4.78, 5) is 0. The Labute approximate surface area is 136 Å². The number of methoxy groups -OCH3 is 3. The molecule has 0 saturated carbocycles. The van der Waals surface area contributed by atoms with Crippen LogP contribution in [-0.4, -0.2) is 21.3 Å². The minimum absolute atomic E-state index is 0.156. The summed E-state index contributed by atoms with van der Waals surface area (Å²) >= 11 is 0. The maximum Gasteiger partial charge on any atom is 0.165 e. The maximum absolute atomic E-state index is 14.1. The second-order valence-electron chi connectivity index (χ2n) is 5.14. The molecule has 2 aromatic carbocycles. The summed E-state index contributed by atoms with van der Waals surface area (Å²) in [5.74, 6) is 1.58. The van der Waals surface area contributed by atoms with E-state index in [4.69, 9.17) is 14.2 Å². The molecule has 0 fully saturated rings. The van der Waals surface area contributed by atoms with Crippen LogP contribution in [0.2, 0.25) is 0 Å². The van der Waals surface area contributed by atoms with Crippen LogP contribution in [0.25, 0.3) is 0 Å². The third kappa shape index (κ3) is 3.93. The Morgan fingerprint density at radius 2 is 1.83 bits per heavy atom. The molecule has 0 spiro atoms. The van der Waals surface area contributed by atoms with Crippen LogP contribution >= 0.6 is 0 Å². The summed E-state index contributed by atoms with van der Waals surface area (Å²) in [7, 11) is 4.73. The Hall–Kier alpha value is -2.27.